The van der Waals surface area contributed by atoms with Crippen LogP contribution < -0.4 is 0 Å². The normalized spacial score (nSPS) is 24.8. The molecule has 0 amide bonds. The summed E-state index contributed by atoms with van der Waals surface area (Å²) in [5.74, 6) is 4.01. The van der Waals surface area contributed by atoms with Crippen LogP contribution in [0.25, 0.3) is 33.7 Å². The summed E-state index contributed by atoms with van der Waals surface area (Å²) in [7, 11) is 0. The Hall–Kier alpha value is -3.08. The summed E-state index contributed by atoms with van der Waals surface area (Å²) in [4.78, 5) is 21.9. The molecule has 162 valence electrons. The van der Waals surface area contributed by atoms with Crippen molar-refractivity contribution >= 4 is 11.0 Å². The third kappa shape index (κ3) is 3.40. The molecule has 7 rings (SSSR count). The fraction of sp³-hybridized carbons (Fsp3) is 0.407. The highest BCUT2D eigenvalue weighted by Crippen LogP contribution is 2.49. The molecule has 1 N–H and O–H groups in total. The molecular formula is C27H29N5. The van der Waals surface area contributed by atoms with Gasteiger partial charge in [-0.15, -0.1) is 0 Å². The van der Waals surface area contributed by atoms with Gasteiger partial charge in [-0.05, 0) is 68.8 Å². The van der Waals surface area contributed by atoms with Crippen molar-refractivity contribution in [3.63, 3.8) is 0 Å². The van der Waals surface area contributed by atoms with Crippen LogP contribution in [-0.2, 0) is 6.42 Å². The van der Waals surface area contributed by atoms with E-state index in [9.17, 15) is 0 Å². The minimum atomic E-state index is 0.724. The van der Waals surface area contributed by atoms with Gasteiger partial charge in [0.05, 0.1) is 5.69 Å². The molecule has 3 aliphatic rings. The van der Waals surface area contributed by atoms with Crippen LogP contribution in [0.2, 0.25) is 0 Å². The summed E-state index contributed by atoms with van der Waals surface area (Å²) in [6.07, 6.45) is 12.0. The van der Waals surface area contributed by atoms with Crippen molar-refractivity contribution in [1.29, 1.82) is 0 Å². The molecule has 3 heterocycles. The third-order valence-corrected chi connectivity index (χ3v) is 8.01. The van der Waals surface area contributed by atoms with Crippen LogP contribution in [0.4, 0.5) is 0 Å². The van der Waals surface area contributed by atoms with Crippen molar-refractivity contribution in [1.82, 2.24) is 24.9 Å². The zero-order valence-electron chi connectivity index (χ0n) is 18.8. The zero-order chi connectivity index (χ0) is 21.7. The van der Waals surface area contributed by atoms with E-state index in [1.807, 2.05) is 12.4 Å². The van der Waals surface area contributed by atoms with Gasteiger partial charge in [0.15, 0.2) is 5.82 Å². The molecular weight excluding hydrogens is 394 g/mol. The Morgan fingerprint density at radius 1 is 1.00 bits per heavy atom. The predicted molar refractivity (Wildman–Crippen MR) is 127 cm³/mol. The molecule has 5 nitrogen and oxygen atoms in total. The molecule has 3 saturated carbocycles. The molecule has 3 aliphatic carbocycles. The third-order valence-electron chi connectivity index (χ3n) is 8.01. The number of rotatable bonds is 4. The Bertz CT molecular complexity index is 1250. The van der Waals surface area contributed by atoms with Crippen molar-refractivity contribution in [2.24, 2.45) is 23.7 Å². The van der Waals surface area contributed by atoms with Crippen molar-refractivity contribution in [3.05, 3.63) is 60.3 Å². The van der Waals surface area contributed by atoms with Crippen LogP contribution in [-0.4, -0.2) is 24.9 Å². The Kier molecular flexibility index (Phi) is 4.78. The first-order valence-electron chi connectivity index (χ1n) is 11.9. The van der Waals surface area contributed by atoms with Crippen LogP contribution in [0, 0.1) is 30.6 Å². The van der Waals surface area contributed by atoms with Gasteiger partial charge >= 0.3 is 0 Å². The monoisotopic (exact) mass is 423 g/mol. The summed E-state index contributed by atoms with van der Waals surface area (Å²) in [5, 5.41) is 0.963. The van der Waals surface area contributed by atoms with E-state index in [1.165, 1.54) is 31.2 Å². The number of hydrogen-bond donors (Lipinski definition) is 1. The van der Waals surface area contributed by atoms with E-state index >= 15 is 0 Å². The smallest absolute Gasteiger partial charge is 0.162 e. The van der Waals surface area contributed by atoms with Crippen molar-refractivity contribution < 1.29 is 0 Å². The SMILES string of the molecule is Cc1ccc(-c2cc(C[C@H]3C4CCC(CC4)[C@@H]3C)nc(-c3c[nH]c4ncncc34)n2)cc1. The number of fused-ring (bicyclic) bond motifs is 4. The summed E-state index contributed by atoms with van der Waals surface area (Å²) in [5.41, 5.74) is 6.32. The largest absolute Gasteiger partial charge is 0.345 e. The number of benzene rings is 1. The van der Waals surface area contributed by atoms with E-state index in [0.717, 1.165) is 69.5 Å². The highest BCUT2D eigenvalue weighted by Gasteiger charge is 2.41. The maximum Gasteiger partial charge on any atom is 0.162 e. The Balaban J connectivity index is 1.44. The first-order chi connectivity index (χ1) is 15.7. The first-order valence-corrected chi connectivity index (χ1v) is 11.9. The Morgan fingerprint density at radius 3 is 2.56 bits per heavy atom. The molecule has 2 bridgehead atoms. The zero-order valence-corrected chi connectivity index (χ0v) is 18.8. The van der Waals surface area contributed by atoms with Gasteiger partial charge < -0.3 is 4.98 Å². The summed E-state index contributed by atoms with van der Waals surface area (Å²) < 4.78 is 0. The topological polar surface area (TPSA) is 67.3 Å². The average molecular weight is 424 g/mol. The lowest BCUT2D eigenvalue weighted by atomic mass is 9.58. The average Bonchev–Trinajstić information content (AvgIpc) is 3.26. The number of aromatic amines is 1. The number of H-pyrrole nitrogens is 1. The number of nitrogens with zero attached hydrogens (tertiary/aromatic N) is 4. The molecule has 0 spiro atoms. The van der Waals surface area contributed by atoms with Crippen LogP contribution in [0.3, 0.4) is 0 Å². The van der Waals surface area contributed by atoms with Gasteiger partial charge in [0.25, 0.3) is 0 Å². The fourth-order valence-electron chi connectivity index (χ4n) is 6.11. The molecule has 5 heteroatoms. The molecule has 0 radical (unpaired) electrons. The lowest BCUT2D eigenvalue weighted by molar-refractivity contribution is 0.0339. The maximum atomic E-state index is 5.09. The molecule has 0 saturated heterocycles. The molecule has 2 atom stereocenters. The van der Waals surface area contributed by atoms with E-state index in [-0.39, 0.29) is 0 Å². The second-order valence-electron chi connectivity index (χ2n) is 9.82. The van der Waals surface area contributed by atoms with Crippen LogP contribution in [0.1, 0.15) is 43.9 Å². The second-order valence-corrected chi connectivity index (χ2v) is 9.82. The Morgan fingerprint density at radius 2 is 1.78 bits per heavy atom. The van der Waals surface area contributed by atoms with Crippen LogP contribution in [0.15, 0.2) is 49.1 Å². The standard InChI is InChI=1S/C27H29N5/c1-16-3-5-20(6-4-16)25-12-21(11-22-17(2)18-7-9-19(22)10-8-18)31-27(32-25)24-14-29-26-23(24)13-28-15-30-26/h3-6,12-15,17-19,22H,7-11H2,1-2H3,(H,28,29,30)/t17-,18?,19?,22+/m0/s1. The van der Waals surface area contributed by atoms with Crippen molar-refractivity contribution in [3.8, 4) is 22.6 Å². The lowest BCUT2D eigenvalue weighted by Crippen LogP contribution is -2.39. The van der Waals surface area contributed by atoms with E-state index < -0.39 is 0 Å². The summed E-state index contributed by atoms with van der Waals surface area (Å²) >= 11 is 0. The van der Waals surface area contributed by atoms with Crippen molar-refractivity contribution in [2.75, 3.05) is 0 Å². The fourth-order valence-corrected chi connectivity index (χ4v) is 6.11. The molecule has 1 aromatic carbocycles. The molecule has 0 aliphatic heterocycles. The molecule has 32 heavy (non-hydrogen) atoms. The molecule has 4 aromatic rings. The van der Waals surface area contributed by atoms with Gasteiger partial charge in [-0.1, -0.05) is 36.8 Å². The van der Waals surface area contributed by atoms with Gasteiger partial charge in [-0.25, -0.2) is 19.9 Å². The van der Waals surface area contributed by atoms with Crippen LogP contribution in [0.5, 0.6) is 0 Å². The van der Waals surface area contributed by atoms with Gasteiger partial charge in [-0.3, -0.25) is 0 Å². The van der Waals surface area contributed by atoms with Gasteiger partial charge in [0, 0.05) is 34.6 Å². The van der Waals surface area contributed by atoms with Gasteiger partial charge in [0.1, 0.15) is 12.0 Å². The van der Waals surface area contributed by atoms with Crippen LogP contribution >= 0.6 is 0 Å². The molecule has 3 fully saturated rings. The van der Waals surface area contributed by atoms with Gasteiger partial charge in [-0.2, -0.15) is 0 Å². The quantitative estimate of drug-likeness (QED) is 0.437. The molecule has 0 unspecified atom stereocenters. The Labute approximate surface area is 188 Å². The lowest BCUT2D eigenvalue weighted by Gasteiger charge is -2.47. The van der Waals surface area contributed by atoms with E-state index in [2.05, 4.69) is 59.1 Å². The van der Waals surface area contributed by atoms with E-state index in [4.69, 9.17) is 9.97 Å². The van der Waals surface area contributed by atoms with Crippen molar-refractivity contribution in [2.45, 2.75) is 46.0 Å². The second kappa shape index (κ2) is 7.80. The maximum absolute atomic E-state index is 5.09. The van der Waals surface area contributed by atoms with Gasteiger partial charge in [0.2, 0.25) is 0 Å². The number of hydrogen-bond acceptors (Lipinski definition) is 4. The highest BCUT2D eigenvalue weighted by molar-refractivity contribution is 5.91. The predicted octanol–water partition coefficient (Wildman–Crippen LogP) is 6.01. The minimum Gasteiger partial charge on any atom is -0.345 e. The highest BCUT2D eigenvalue weighted by atomic mass is 14.9. The van der Waals surface area contributed by atoms with E-state index in [0.29, 0.717) is 0 Å². The summed E-state index contributed by atoms with van der Waals surface area (Å²) in [6.45, 7) is 4.59. The molecule has 3 aromatic heterocycles. The number of nitrogens with one attached hydrogen (secondary N) is 1. The number of aryl methyl sites for hydroxylation is 1. The minimum absolute atomic E-state index is 0.724. The van der Waals surface area contributed by atoms with E-state index in [1.54, 1.807) is 6.33 Å². The number of aromatic nitrogens is 5. The first kappa shape index (κ1) is 19.6. The summed E-state index contributed by atoms with van der Waals surface area (Å²) in [6, 6.07) is 10.8.